The first-order chi connectivity index (χ1) is 9.15. The van der Waals surface area contributed by atoms with Crippen molar-refractivity contribution >= 4 is 21.7 Å². The van der Waals surface area contributed by atoms with E-state index in [1.165, 1.54) is 32.1 Å². The SMILES string of the molecule is CCCCCCCCOc1ccc(Br)cc1C(C)=O. The highest BCUT2D eigenvalue weighted by Gasteiger charge is 2.08. The van der Waals surface area contributed by atoms with Crippen molar-refractivity contribution in [3.05, 3.63) is 28.2 Å². The number of unbranched alkanes of at least 4 members (excludes halogenated alkanes) is 5. The number of carbonyl (C=O) groups is 1. The first kappa shape index (κ1) is 16.2. The molecule has 0 heterocycles. The minimum atomic E-state index is 0.0410. The van der Waals surface area contributed by atoms with E-state index in [0.29, 0.717) is 17.9 Å². The monoisotopic (exact) mass is 326 g/mol. The molecule has 0 aromatic heterocycles. The van der Waals surface area contributed by atoms with Gasteiger partial charge in [0.05, 0.1) is 12.2 Å². The number of rotatable bonds is 9. The van der Waals surface area contributed by atoms with Crippen LogP contribution < -0.4 is 4.74 Å². The van der Waals surface area contributed by atoms with E-state index in [9.17, 15) is 4.79 Å². The summed E-state index contributed by atoms with van der Waals surface area (Å²) in [6, 6.07) is 5.58. The largest absolute Gasteiger partial charge is 0.493 e. The van der Waals surface area contributed by atoms with Crippen LogP contribution in [0.5, 0.6) is 5.75 Å². The molecule has 0 bridgehead atoms. The molecule has 0 amide bonds. The zero-order valence-corrected chi connectivity index (χ0v) is 13.5. The molecule has 1 aromatic rings. The second kappa shape index (κ2) is 9.13. The summed E-state index contributed by atoms with van der Waals surface area (Å²) in [6.45, 7) is 4.48. The fourth-order valence-electron chi connectivity index (χ4n) is 1.97. The Hall–Kier alpha value is -0.830. The third kappa shape index (κ3) is 6.24. The average molecular weight is 327 g/mol. The molecule has 0 aliphatic rings. The molecule has 0 spiro atoms. The van der Waals surface area contributed by atoms with E-state index in [1.807, 2.05) is 18.2 Å². The summed E-state index contributed by atoms with van der Waals surface area (Å²) in [5, 5.41) is 0. The van der Waals surface area contributed by atoms with Crippen LogP contribution in [0, 0.1) is 0 Å². The first-order valence-corrected chi connectivity index (χ1v) is 7.87. The fourth-order valence-corrected chi connectivity index (χ4v) is 2.33. The lowest BCUT2D eigenvalue weighted by Crippen LogP contribution is -2.03. The van der Waals surface area contributed by atoms with Crippen LogP contribution >= 0.6 is 15.9 Å². The van der Waals surface area contributed by atoms with Gasteiger partial charge in [0.25, 0.3) is 0 Å². The molecule has 0 saturated carbocycles. The number of Topliss-reactive ketones (excluding diaryl/α,β-unsaturated/α-hetero) is 1. The summed E-state index contributed by atoms with van der Waals surface area (Å²) in [4.78, 5) is 11.5. The molecule has 0 saturated heterocycles. The van der Waals surface area contributed by atoms with E-state index in [-0.39, 0.29) is 5.78 Å². The third-order valence-corrected chi connectivity index (χ3v) is 3.57. The van der Waals surface area contributed by atoms with Crippen LogP contribution in [-0.4, -0.2) is 12.4 Å². The zero-order valence-electron chi connectivity index (χ0n) is 11.9. The molecule has 0 aliphatic carbocycles. The summed E-state index contributed by atoms with van der Waals surface area (Å²) in [7, 11) is 0. The van der Waals surface area contributed by atoms with Gasteiger partial charge in [-0.05, 0) is 31.5 Å². The summed E-state index contributed by atoms with van der Waals surface area (Å²) in [6.07, 6.45) is 7.44. The molecule has 3 heteroatoms. The Labute approximate surface area is 124 Å². The number of benzene rings is 1. The van der Waals surface area contributed by atoms with Crippen LogP contribution in [-0.2, 0) is 0 Å². The van der Waals surface area contributed by atoms with Gasteiger partial charge < -0.3 is 4.74 Å². The standard InChI is InChI=1S/C16H23BrO2/c1-3-4-5-6-7-8-11-19-16-10-9-14(17)12-15(16)13(2)18/h9-10,12H,3-8,11H2,1-2H3. The van der Waals surface area contributed by atoms with E-state index < -0.39 is 0 Å². The lowest BCUT2D eigenvalue weighted by atomic mass is 10.1. The van der Waals surface area contributed by atoms with Crippen molar-refractivity contribution in [2.45, 2.75) is 52.4 Å². The van der Waals surface area contributed by atoms with Crippen LogP contribution in [0.3, 0.4) is 0 Å². The summed E-state index contributed by atoms with van der Waals surface area (Å²) >= 11 is 3.37. The number of hydrogen-bond acceptors (Lipinski definition) is 2. The van der Waals surface area contributed by atoms with Crippen molar-refractivity contribution in [1.82, 2.24) is 0 Å². The predicted molar refractivity (Wildman–Crippen MR) is 83.0 cm³/mol. The summed E-state index contributed by atoms with van der Waals surface area (Å²) < 4.78 is 6.63. The van der Waals surface area contributed by atoms with Gasteiger partial charge in [0, 0.05) is 4.47 Å². The van der Waals surface area contributed by atoms with E-state index in [0.717, 1.165) is 10.9 Å². The smallest absolute Gasteiger partial charge is 0.163 e. The van der Waals surface area contributed by atoms with Crippen molar-refractivity contribution < 1.29 is 9.53 Å². The van der Waals surface area contributed by atoms with Gasteiger partial charge in [0.1, 0.15) is 5.75 Å². The van der Waals surface area contributed by atoms with Gasteiger partial charge in [-0.2, -0.15) is 0 Å². The van der Waals surface area contributed by atoms with E-state index in [1.54, 1.807) is 6.92 Å². The molecule has 106 valence electrons. The molecular formula is C16H23BrO2. The molecule has 1 aromatic carbocycles. The van der Waals surface area contributed by atoms with Gasteiger partial charge in [-0.25, -0.2) is 0 Å². The quantitative estimate of drug-likeness (QED) is 0.449. The minimum Gasteiger partial charge on any atom is -0.493 e. The van der Waals surface area contributed by atoms with Gasteiger partial charge in [-0.3, -0.25) is 4.79 Å². The maximum absolute atomic E-state index is 11.5. The summed E-state index contributed by atoms with van der Waals surface area (Å²) in [5.74, 6) is 0.739. The average Bonchev–Trinajstić information content (AvgIpc) is 2.39. The van der Waals surface area contributed by atoms with Crippen LogP contribution in [0.15, 0.2) is 22.7 Å². The van der Waals surface area contributed by atoms with Crippen LogP contribution in [0.1, 0.15) is 62.7 Å². The minimum absolute atomic E-state index is 0.0410. The van der Waals surface area contributed by atoms with Crippen molar-refractivity contribution in [2.24, 2.45) is 0 Å². The van der Waals surface area contributed by atoms with Crippen molar-refractivity contribution in [1.29, 1.82) is 0 Å². The molecule has 0 fully saturated rings. The summed E-state index contributed by atoms with van der Waals surface area (Å²) in [5.41, 5.74) is 0.653. The third-order valence-electron chi connectivity index (χ3n) is 3.08. The normalized spacial score (nSPS) is 10.5. The highest BCUT2D eigenvalue weighted by molar-refractivity contribution is 9.10. The Balaban J connectivity index is 2.35. The molecule has 0 atom stereocenters. The van der Waals surface area contributed by atoms with Crippen molar-refractivity contribution in [3.8, 4) is 5.75 Å². The van der Waals surface area contributed by atoms with Crippen molar-refractivity contribution in [3.63, 3.8) is 0 Å². The molecule has 1 rings (SSSR count). The highest BCUT2D eigenvalue weighted by atomic mass is 79.9. The second-order valence-electron chi connectivity index (χ2n) is 4.81. The highest BCUT2D eigenvalue weighted by Crippen LogP contribution is 2.24. The Morgan fingerprint density at radius 2 is 1.84 bits per heavy atom. The van der Waals surface area contributed by atoms with Crippen LogP contribution in [0.2, 0.25) is 0 Å². The number of ketones is 1. The molecule has 2 nitrogen and oxygen atoms in total. The number of carbonyl (C=O) groups excluding carboxylic acids is 1. The van der Waals surface area contributed by atoms with E-state index >= 15 is 0 Å². The maximum Gasteiger partial charge on any atom is 0.163 e. The van der Waals surface area contributed by atoms with Crippen LogP contribution in [0.25, 0.3) is 0 Å². The number of halogens is 1. The first-order valence-electron chi connectivity index (χ1n) is 7.08. The van der Waals surface area contributed by atoms with Gasteiger partial charge in [0.15, 0.2) is 5.78 Å². The lowest BCUT2D eigenvalue weighted by molar-refractivity contribution is 0.101. The molecule has 0 unspecified atom stereocenters. The Kier molecular flexibility index (Phi) is 7.80. The lowest BCUT2D eigenvalue weighted by Gasteiger charge is -2.10. The van der Waals surface area contributed by atoms with Gasteiger partial charge in [-0.15, -0.1) is 0 Å². The van der Waals surface area contributed by atoms with Crippen LogP contribution in [0.4, 0.5) is 0 Å². The van der Waals surface area contributed by atoms with E-state index in [2.05, 4.69) is 22.9 Å². The molecular weight excluding hydrogens is 304 g/mol. The second-order valence-corrected chi connectivity index (χ2v) is 5.73. The predicted octanol–water partition coefficient (Wildman–Crippen LogP) is 5.39. The Bertz CT molecular complexity index is 402. The number of ether oxygens (including phenoxy) is 1. The molecule has 0 aliphatic heterocycles. The Morgan fingerprint density at radius 3 is 2.53 bits per heavy atom. The molecule has 0 N–H and O–H groups in total. The Morgan fingerprint density at radius 1 is 1.16 bits per heavy atom. The zero-order chi connectivity index (χ0) is 14.1. The topological polar surface area (TPSA) is 26.3 Å². The van der Waals surface area contributed by atoms with Gasteiger partial charge in [-0.1, -0.05) is 55.0 Å². The molecule has 19 heavy (non-hydrogen) atoms. The van der Waals surface area contributed by atoms with Gasteiger partial charge in [0.2, 0.25) is 0 Å². The van der Waals surface area contributed by atoms with Crippen molar-refractivity contribution in [2.75, 3.05) is 6.61 Å². The number of hydrogen-bond donors (Lipinski definition) is 0. The van der Waals surface area contributed by atoms with E-state index in [4.69, 9.17) is 4.74 Å². The molecule has 0 radical (unpaired) electrons. The maximum atomic E-state index is 11.5. The fraction of sp³-hybridized carbons (Fsp3) is 0.562. The van der Waals surface area contributed by atoms with Gasteiger partial charge >= 0.3 is 0 Å².